The smallest absolute Gasteiger partial charge is 0.224 e. The summed E-state index contributed by atoms with van der Waals surface area (Å²) in [4.78, 5) is 11.9. The average molecular weight is 276 g/mol. The van der Waals surface area contributed by atoms with Crippen LogP contribution in [0.1, 0.15) is 63.9 Å². The first-order chi connectivity index (χ1) is 9.65. The number of nitrogen functional groups attached to an aromatic ring is 1. The van der Waals surface area contributed by atoms with Crippen molar-refractivity contribution in [3.05, 3.63) is 23.8 Å². The maximum absolute atomic E-state index is 11.9. The molecular weight excluding hydrogens is 248 g/mol. The van der Waals surface area contributed by atoms with Crippen molar-refractivity contribution in [2.45, 2.75) is 65.2 Å². The van der Waals surface area contributed by atoms with Crippen LogP contribution >= 0.6 is 0 Å². The highest BCUT2D eigenvalue weighted by molar-refractivity contribution is 5.92. The van der Waals surface area contributed by atoms with Crippen LogP contribution in [0.15, 0.2) is 18.2 Å². The third kappa shape index (κ3) is 6.09. The molecule has 0 aromatic heterocycles. The topological polar surface area (TPSA) is 55.1 Å². The fourth-order valence-electron chi connectivity index (χ4n) is 2.24. The van der Waals surface area contributed by atoms with E-state index in [9.17, 15) is 4.79 Å². The lowest BCUT2D eigenvalue weighted by atomic mass is 10.1. The van der Waals surface area contributed by atoms with Gasteiger partial charge in [-0.1, -0.05) is 51.5 Å². The maximum Gasteiger partial charge on any atom is 0.224 e. The Balaban J connectivity index is 2.19. The number of benzene rings is 1. The summed E-state index contributed by atoms with van der Waals surface area (Å²) < 4.78 is 0. The zero-order chi connectivity index (χ0) is 14.8. The van der Waals surface area contributed by atoms with E-state index in [-0.39, 0.29) is 5.91 Å². The molecule has 0 saturated carbocycles. The van der Waals surface area contributed by atoms with Crippen LogP contribution in [0.25, 0.3) is 0 Å². The van der Waals surface area contributed by atoms with Gasteiger partial charge >= 0.3 is 0 Å². The van der Waals surface area contributed by atoms with E-state index in [1.54, 1.807) is 0 Å². The van der Waals surface area contributed by atoms with E-state index in [1.807, 2.05) is 25.1 Å². The van der Waals surface area contributed by atoms with E-state index in [0.29, 0.717) is 6.42 Å². The van der Waals surface area contributed by atoms with Crippen molar-refractivity contribution in [3.63, 3.8) is 0 Å². The van der Waals surface area contributed by atoms with Gasteiger partial charge in [-0.3, -0.25) is 4.79 Å². The van der Waals surface area contributed by atoms with E-state index >= 15 is 0 Å². The molecule has 0 unspecified atom stereocenters. The molecule has 0 radical (unpaired) electrons. The van der Waals surface area contributed by atoms with Crippen molar-refractivity contribution in [2.75, 3.05) is 11.1 Å². The van der Waals surface area contributed by atoms with Gasteiger partial charge in [-0.15, -0.1) is 0 Å². The molecule has 0 heterocycles. The monoisotopic (exact) mass is 276 g/mol. The van der Waals surface area contributed by atoms with E-state index in [1.165, 1.54) is 32.1 Å². The van der Waals surface area contributed by atoms with Gasteiger partial charge in [0.15, 0.2) is 0 Å². The van der Waals surface area contributed by atoms with Crippen molar-refractivity contribution in [1.82, 2.24) is 0 Å². The summed E-state index contributed by atoms with van der Waals surface area (Å²) in [6.07, 6.45) is 9.19. The second kappa shape index (κ2) is 9.40. The van der Waals surface area contributed by atoms with E-state index in [4.69, 9.17) is 5.73 Å². The van der Waals surface area contributed by atoms with E-state index in [0.717, 1.165) is 29.8 Å². The van der Waals surface area contributed by atoms with Crippen LogP contribution in [0.5, 0.6) is 0 Å². The van der Waals surface area contributed by atoms with Gasteiger partial charge in [-0.2, -0.15) is 0 Å². The minimum Gasteiger partial charge on any atom is -0.398 e. The van der Waals surface area contributed by atoms with Crippen LogP contribution in [0.4, 0.5) is 11.4 Å². The first kappa shape index (κ1) is 16.5. The van der Waals surface area contributed by atoms with Crippen LogP contribution in [0.3, 0.4) is 0 Å². The molecule has 0 aliphatic rings. The lowest BCUT2D eigenvalue weighted by Crippen LogP contribution is -2.12. The molecule has 1 aromatic carbocycles. The number of rotatable bonds is 9. The lowest BCUT2D eigenvalue weighted by Gasteiger charge is -2.10. The Kier molecular flexibility index (Phi) is 7.78. The Bertz CT molecular complexity index is 415. The normalized spacial score (nSPS) is 10.5. The fraction of sp³-hybridized carbons (Fsp3) is 0.588. The molecule has 0 bridgehead atoms. The first-order valence-corrected chi connectivity index (χ1v) is 7.80. The molecule has 0 saturated heterocycles. The molecule has 0 atom stereocenters. The van der Waals surface area contributed by atoms with Gasteiger partial charge in [0.05, 0.1) is 0 Å². The minimum absolute atomic E-state index is 0.0901. The third-order valence-corrected chi connectivity index (χ3v) is 3.66. The van der Waals surface area contributed by atoms with Crippen LogP contribution in [-0.2, 0) is 4.79 Å². The van der Waals surface area contributed by atoms with Gasteiger partial charge in [0.25, 0.3) is 0 Å². The van der Waals surface area contributed by atoms with Crippen molar-refractivity contribution in [3.8, 4) is 0 Å². The van der Waals surface area contributed by atoms with Crippen molar-refractivity contribution in [2.24, 2.45) is 0 Å². The molecular formula is C17H28N2O. The van der Waals surface area contributed by atoms with Gasteiger partial charge in [-0.05, 0) is 31.0 Å². The summed E-state index contributed by atoms with van der Waals surface area (Å²) >= 11 is 0. The van der Waals surface area contributed by atoms with Crippen LogP contribution in [0.2, 0.25) is 0 Å². The second-order valence-electron chi connectivity index (χ2n) is 5.44. The summed E-state index contributed by atoms with van der Waals surface area (Å²) in [5.74, 6) is 0.0901. The summed E-state index contributed by atoms with van der Waals surface area (Å²) in [7, 11) is 0. The molecule has 0 aliphatic carbocycles. The number of amides is 1. The van der Waals surface area contributed by atoms with E-state index in [2.05, 4.69) is 12.2 Å². The summed E-state index contributed by atoms with van der Waals surface area (Å²) in [6.45, 7) is 4.15. The number of carbonyl (C=O) groups excluding carboxylic acids is 1. The Morgan fingerprint density at radius 3 is 2.45 bits per heavy atom. The second-order valence-corrected chi connectivity index (χ2v) is 5.44. The predicted octanol–water partition coefficient (Wildman–Crippen LogP) is 4.66. The zero-order valence-corrected chi connectivity index (χ0v) is 12.9. The number of unbranched alkanes of at least 4 members (excludes halogenated alkanes) is 6. The lowest BCUT2D eigenvalue weighted by molar-refractivity contribution is -0.116. The number of hydrogen-bond acceptors (Lipinski definition) is 2. The van der Waals surface area contributed by atoms with Crippen LogP contribution in [0, 0.1) is 6.92 Å². The van der Waals surface area contributed by atoms with Crippen molar-refractivity contribution < 1.29 is 4.79 Å². The molecule has 1 rings (SSSR count). The van der Waals surface area contributed by atoms with Crippen molar-refractivity contribution in [1.29, 1.82) is 0 Å². The molecule has 3 nitrogen and oxygen atoms in total. The van der Waals surface area contributed by atoms with Crippen LogP contribution in [-0.4, -0.2) is 5.91 Å². The SMILES string of the molecule is CCCCCCCCCC(=O)Nc1cccc(N)c1C. The Hall–Kier alpha value is -1.51. The van der Waals surface area contributed by atoms with Crippen LogP contribution < -0.4 is 11.1 Å². The predicted molar refractivity (Wildman–Crippen MR) is 86.8 cm³/mol. The van der Waals surface area contributed by atoms with Gasteiger partial charge in [0.1, 0.15) is 0 Å². The van der Waals surface area contributed by atoms with Gasteiger partial charge < -0.3 is 11.1 Å². The molecule has 0 fully saturated rings. The molecule has 20 heavy (non-hydrogen) atoms. The fourth-order valence-corrected chi connectivity index (χ4v) is 2.24. The molecule has 0 spiro atoms. The number of carbonyl (C=O) groups is 1. The standard InChI is InChI=1S/C17H28N2O/c1-3-4-5-6-7-8-9-13-17(20)19-16-12-10-11-15(18)14(16)2/h10-12H,3-9,13,18H2,1-2H3,(H,19,20). The number of nitrogens with two attached hydrogens (primary N) is 1. The molecule has 0 aliphatic heterocycles. The average Bonchev–Trinajstić information content (AvgIpc) is 2.43. The molecule has 1 amide bonds. The molecule has 3 heteroatoms. The summed E-state index contributed by atoms with van der Waals surface area (Å²) in [6, 6.07) is 5.61. The third-order valence-electron chi connectivity index (χ3n) is 3.66. The number of hydrogen-bond donors (Lipinski definition) is 2. The minimum atomic E-state index is 0.0901. The van der Waals surface area contributed by atoms with Gasteiger partial charge in [0, 0.05) is 17.8 Å². The number of nitrogens with one attached hydrogen (secondary N) is 1. The molecule has 1 aromatic rings. The number of anilines is 2. The zero-order valence-electron chi connectivity index (χ0n) is 12.9. The van der Waals surface area contributed by atoms with Gasteiger partial charge in [0.2, 0.25) is 5.91 Å². The summed E-state index contributed by atoms with van der Waals surface area (Å²) in [5.41, 5.74) is 8.32. The molecule has 112 valence electrons. The Morgan fingerprint density at radius 2 is 1.75 bits per heavy atom. The quantitative estimate of drug-likeness (QED) is 0.509. The Morgan fingerprint density at radius 1 is 1.10 bits per heavy atom. The molecule has 3 N–H and O–H groups in total. The highest BCUT2D eigenvalue weighted by atomic mass is 16.1. The highest BCUT2D eigenvalue weighted by Gasteiger charge is 2.05. The van der Waals surface area contributed by atoms with Gasteiger partial charge in [-0.25, -0.2) is 0 Å². The maximum atomic E-state index is 11.9. The highest BCUT2D eigenvalue weighted by Crippen LogP contribution is 2.20. The van der Waals surface area contributed by atoms with E-state index < -0.39 is 0 Å². The first-order valence-electron chi connectivity index (χ1n) is 7.80. The summed E-state index contributed by atoms with van der Waals surface area (Å²) in [5, 5.41) is 2.94. The van der Waals surface area contributed by atoms with Crippen molar-refractivity contribution >= 4 is 17.3 Å². The largest absolute Gasteiger partial charge is 0.398 e. The Labute approximate surface area is 122 Å².